The molecule has 148 valence electrons. The summed E-state index contributed by atoms with van der Waals surface area (Å²) in [5.74, 6) is 1.49. The number of halogens is 2. The number of hydrogen-bond acceptors (Lipinski definition) is 4. The fourth-order valence-electron chi connectivity index (χ4n) is 3.81. The van der Waals surface area contributed by atoms with Crippen LogP contribution in [0.2, 0.25) is 10.0 Å². The van der Waals surface area contributed by atoms with E-state index >= 15 is 0 Å². The molecule has 2 aliphatic heterocycles. The molecule has 3 heterocycles. The molecule has 5 nitrogen and oxygen atoms in total. The topological polar surface area (TPSA) is 45.7 Å². The monoisotopic (exact) mass is 419 g/mol. The van der Waals surface area contributed by atoms with Crippen LogP contribution in [0.15, 0.2) is 36.5 Å². The van der Waals surface area contributed by atoms with Gasteiger partial charge in [0.05, 0.1) is 17.1 Å². The third-order valence-corrected chi connectivity index (χ3v) is 5.77. The molecule has 0 N–H and O–H groups in total. The van der Waals surface area contributed by atoms with Crippen LogP contribution in [0.5, 0.6) is 5.75 Å². The highest BCUT2D eigenvalue weighted by atomic mass is 35.5. The molecule has 2 fully saturated rings. The number of likely N-dealkylation sites (tertiary alicyclic amines) is 1. The summed E-state index contributed by atoms with van der Waals surface area (Å²) < 4.78 is 6.03. The summed E-state index contributed by atoms with van der Waals surface area (Å²) in [5, 5.41) is 1.16. The fourth-order valence-corrected chi connectivity index (χ4v) is 4.28. The Morgan fingerprint density at radius 2 is 1.93 bits per heavy atom. The van der Waals surface area contributed by atoms with E-state index in [1.165, 1.54) is 6.42 Å². The number of aromatic nitrogens is 1. The smallest absolute Gasteiger partial charge is 0.255 e. The van der Waals surface area contributed by atoms with Crippen LogP contribution < -0.4 is 9.64 Å². The minimum atomic E-state index is 0.0178. The van der Waals surface area contributed by atoms with Gasteiger partial charge in [-0.3, -0.25) is 4.79 Å². The van der Waals surface area contributed by atoms with E-state index in [0.29, 0.717) is 28.0 Å². The van der Waals surface area contributed by atoms with Crippen LogP contribution in [-0.2, 0) is 0 Å². The van der Waals surface area contributed by atoms with Gasteiger partial charge in [0.25, 0.3) is 5.91 Å². The summed E-state index contributed by atoms with van der Waals surface area (Å²) in [7, 11) is 0. The molecule has 2 aliphatic rings. The Hall–Kier alpha value is -1.98. The molecule has 0 saturated carbocycles. The van der Waals surface area contributed by atoms with Gasteiger partial charge in [-0.1, -0.05) is 29.3 Å². The molecule has 1 unspecified atom stereocenters. The second-order valence-corrected chi connectivity index (χ2v) is 8.16. The van der Waals surface area contributed by atoms with Crippen molar-refractivity contribution in [3.63, 3.8) is 0 Å². The number of anilines is 1. The van der Waals surface area contributed by atoms with Crippen molar-refractivity contribution in [2.24, 2.45) is 0 Å². The van der Waals surface area contributed by atoms with Gasteiger partial charge in [0.2, 0.25) is 0 Å². The summed E-state index contributed by atoms with van der Waals surface area (Å²) in [6, 6.07) is 9.16. The quantitative estimate of drug-likeness (QED) is 0.721. The van der Waals surface area contributed by atoms with Gasteiger partial charge in [-0.15, -0.1) is 0 Å². The number of ether oxygens (including phenoxy) is 1. The predicted octanol–water partition coefficient (Wildman–Crippen LogP) is 4.67. The van der Waals surface area contributed by atoms with Gasteiger partial charge < -0.3 is 14.5 Å². The molecule has 1 aromatic carbocycles. The number of hydrogen-bond donors (Lipinski definition) is 0. The van der Waals surface area contributed by atoms with Gasteiger partial charge in [-0.2, -0.15) is 0 Å². The zero-order valence-electron chi connectivity index (χ0n) is 15.6. The lowest BCUT2D eigenvalue weighted by atomic mass is 10.1. The van der Waals surface area contributed by atoms with Crippen LogP contribution in [-0.4, -0.2) is 48.1 Å². The summed E-state index contributed by atoms with van der Waals surface area (Å²) in [4.78, 5) is 21.1. The molecule has 2 saturated heterocycles. The first-order valence-corrected chi connectivity index (χ1v) is 10.5. The molecule has 0 spiro atoms. The van der Waals surface area contributed by atoms with Crippen LogP contribution in [0.1, 0.15) is 36.0 Å². The van der Waals surface area contributed by atoms with Crippen molar-refractivity contribution in [1.82, 2.24) is 9.88 Å². The van der Waals surface area contributed by atoms with E-state index in [2.05, 4.69) is 9.88 Å². The highest BCUT2D eigenvalue weighted by molar-refractivity contribution is 6.33. The first-order chi connectivity index (χ1) is 13.6. The summed E-state index contributed by atoms with van der Waals surface area (Å²) in [6.07, 6.45) is 5.88. The van der Waals surface area contributed by atoms with Crippen LogP contribution >= 0.6 is 23.2 Å². The van der Waals surface area contributed by atoms with Crippen LogP contribution in [0, 0.1) is 0 Å². The number of pyridine rings is 1. The Labute approximate surface area is 175 Å². The maximum Gasteiger partial charge on any atom is 0.255 e. The van der Waals surface area contributed by atoms with Gasteiger partial charge in [-0.25, -0.2) is 4.98 Å². The lowest BCUT2D eigenvalue weighted by Gasteiger charge is -2.27. The average Bonchev–Trinajstić information content (AvgIpc) is 3.16. The van der Waals surface area contributed by atoms with Crippen LogP contribution in [0.3, 0.4) is 0 Å². The second-order valence-electron chi connectivity index (χ2n) is 7.31. The molecule has 4 rings (SSSR count). The van der Waals surface area contributed by atoms with E-state index in [4.69, 9.17) is 27.9 Å². The van der Waals surface area contributed by atoms with Crippen molar-refractivity contribution in [3.8, 4) is 5.75 Å². The van der Waals surface area contributed by atoms with Crippen molar-refractivity contribution >= 4 is 34.9 Å². The lowest BCUT2D eigenvalue weighted by molar-refractivity contribution is 0.0724. The number of carbonyl (C=O) groups excluding carboxylic acids is 1. The zero-order valence-corrected chi connectivity index (χ0v) is 17.1. The van der Waals surface area contributed by atoms with Crippen molar-refractivity contribution in [2.75, 3.05) is 31.1 Å². The largest absolute Gasteiger partial charge is 0.488 e. The Morgan fingerprint density at radius 1 is 1.11 bits per heavy atom. The number of nitrogens with zero attached hydrogens (tertiary/aromatic N) is 3. The molecule has 0 bridgehead atoms. The van der Waals surface area contributed by atoms with Crippen molar-refractivity contribution in [1.29, 1.82) is 0 Å². The molecule has 1 aromatic heterocycles. The molecule has 1 amide bonds. The van der Waals surface area contributed by atoms with E-state index in [-0.39, 0.29) is 12.0 Å². The Bertz CT molecular complexity index is 855. The SMILES string of the molecule is O=C(c1cnc(N2CCC(Oc3cccc(Cl)c3)C2)c(Cl)c1)N1CCCCC1. The first-order valence-electron chi connectivity index (χ1n) is 9.72. The predicted molar refractivity (Wildman–Crippen MR) is 112 cm³/mol. The third-order valence-electron chi connectivity index (χ3n) is 5.26. The molecule has 7 heteroatoms. The van der Waals surface area contributed by atoms with Crippen molar-refractivity contribution in [2.45, 2.75) is 31.8 Å². The highest BCUT2D eigenvalue weighted by Gasteiger charge is 2.27. The van der Waals surface area contributed by atoms with Crippen molar-refractivity contribution in [3.05, 3.63) is 52.1 Å². The minimum absolute atomic E-state index is 0.0178. The van der Waals surface area contributed by atoms with Crippen molar-refractivity contribution < 1.29 is 9.53 Å². The summed E-state index contributed by atoms with van der Waals surface area (Å²) in [5.41, 5.74) is 0.557. The zero-order chi connectivity index (χ0) is 19.5. The maximum absolute atomic E-state index is 12.7. The normalized spacial score (nSPS) is 19.7. The number of benzene rings is 1. The molecular weight excluding hydrogens is 397 g/mol. The lowest BCUT2D eigenvalue weighted by Crippen LogP contribution is -2.35. The maximum atomic E-state index is 12.7. The number of amides is 1. The van der Waals surface area contributed by atoms with E-state index in [9.17, 15) is 4.79 Å². The van der Waals surface area contributed by atoms with E-state index < -0.39 is 0 Å². The molecule has 28 heavy (non-hydrogen) atoms. The van der Waals surface area contributed by atoms with Crippen LogP contribution in [0.4, 0.5) is 5.82 Å². The van der Waals surface area contributed by atoms with Gasteiger partial charge in [0.1, 0.15) is 17.7 Å². The average molecular weight is 420 g/mol. The summed E-state index contributed by atoms with van der Waals surface area (Å²) in [6.45, 7) is 3.12. The Kier molecular flexibility index (Phi) is 5.93. The van der Waals surface area contributed by atoms with Gasteiger partial charge >= 0.3 is 0 Å². The van der Waals surface area contributed by atoms with Crippen LogP contribution in [0.25, 0.3) is 0 Å². The Balaban J connectivity index is 1.41. The first kappa shape index (κ1) is 19.3. The minimum Gasteiger partial charge on any atom is -0.488 e. The molecule has 0 aliphatic carbocycles. The number of carbonyl (C=O) groups is 1. The highest BCUT2D eigenvalue weighted by Crippen LogP contribution is 2.29. The molecule has 0 radical (unpaired) electrons. The third kappa shape index (κ3) is 4.36. The van der Waals surface area contributed by atoms with E-state index in [1.54, 1.807) is 12.3 Å². The van der Waals surface area contributed by atoms with E-state index in [0.717, 1.165) is 44.6 Å². The van der Waals surface area contributed by atoms with Gasteiger partial charge in [0, 0.05) is 37.3 Å². The number of rotatable bonds is 4. The second kappa shape index (κ2) is 8.58. The van der Waals surface area contributed by atoms with E-state index in [1.807, 2.05) is 29.2 Å². The molecule has 1 atom stereocenters. The Morgan fingerprint density at radius 3 is 2.68 bits per heavy atom. The van der Waals surface area contributed by atoms with Gasteiger partial charge in [-0.05, 0) is 43.5 Å². The number of piperidine rings is 1. The standard InChI is InChI=1S/C21H23Cl2N3O2/c22-16-5-4-6-17(12-16)28-18-7-10-26(14-18)20-19(23)11-15(13-24-20)21(27)25-8-2-1-3-9-25/h4-6,11-13,18H,1-3,7-10,14H2. The molecule has 2 aromatic rings. The molecular formula is C21H23Cl2N3O2. The fraction of sp³-hybridized carbons (Fsp3) is 0.429. The van der Waals surface area contributed by atoms with Gasteiger partial charge in [0.15, 0.2) is 0 Å². The summed E-state index contributed by atoms with van der Waals surface area (Å²) >= 11 is 12.5.